The average Bonchev–Trinajstić information content (AvgIpc) is 2.78. The van der Waals surface area contributed by atoms with Crippen LogP contribution in [0.5, 0.6) is 5.88 Å². The van der Waals surface area contributed by atoms with Gasteiger partial charge in [0.15, 0.2) is 0 Å². The van der Waals surface area contributed by atoms with Crippen molar-refractivity contribution in [2.24, 2.45) is 0 Å². The number of thioether (sulfide) groups is 1. The number of rotatable bonds is 5. The molecule has 1 fully saturated rings. The van der Waals surface area contributed by atoms with E-state index in [0.717, 1.165) is 11.1 Å². The predicted octanol–water partition coefficient (Wildman–Crippen LogP) is 3.18. The first-order valence-electron chi connectivity index (χ1n) is 6.22. The molecular weight excluding hydrogens is 232 g/mol. The lowest BCUT2D eigenvalue weighted by molar-refractivity contribution is 0.398. The highest BCUT2D eigenvalue weighted by Gasteiger charge is 2.27. The van der Waals surface area contributed by atoms with Gasteiger partial charge in [-0.3, -0.25) is 0 Å². The summed E-state index contributed by atoms with van der Waals surface area (Å²) < 4.78 is 5.14. The van der Waals surface area contributed by atoms with Gasteiger partial charge in [0.25, 0.3) is 0 Å². The molecule has 94 valence electrons. The van der Waals surface area contributed by atoms with E-state index in [0.29, 0.717) is 11.9 Å². The van der Waals surface area contributed by atoms with Gasteiger partial charge >= 0.3 is 0 Å². The molecule has 0 radical (unpaired) electrons. The minimum atomic E-state index is 0.555. The Balaban J connectivity index is 1.99. The number of nitrogens with zero attached hydrogens (tertiary/aromatic N) is 1. The van der Waals surface area contributed by atoms with Gasteiger partial charge in [-0.1, -0.05) is 19.4 Å². The number of pyridine rings is 1. The molecule has 4 heteroatoms. The van der Waals surface area contributed by atoms with E-state index in [2.05, 4.69) is 29.0 Å². The zero-order valence-electron chi connectivity index (χ0n) is 10.5. The van der Waals surface area contributed by atoms with Crippen molar-refractivity contribution in [2.75, 3.05) is 18.2 Å². The van der Waals surface area contributed by atoms with E-state index in [1.54, 1.807) is 7.11 Å². The van der Waals surface area contributed by atoms with Crippen LogP contribution in [-0.4, -0.2) is 29.1 Å². The molecule has 1 N–H and O–H groups in total. The molecule has 2 unspecified atom stereocenters. The molecule has 1 aliphatic carbocycles. The van der Waals surface area contributed by atoms with Gasteiger partial charge in [0.2, 0.25) is 5.88 Å². The lowest BCUT2D eigenvalue weighted by atomic mass is 10.2. The molecule has 1 saturated carbocycles. The Labute approximate surface area is 107 Å². The molecule has 1 aliphatic rings. The summed E-state index contributed by atoms with van der Waals surface area (Å²) in [6.45, 7) is 2.23. The summed E-state index contributed by atoms with van der Waals surface area (Å²) in [6.07, 6.45) is 3.88. The van der Waals surface area contributed by atoms with E-state index in [4.69, 9.17) is 4.74 Å². The second kappa shape index (κ2) is 6.15. The smallest absolute Gasteiger partial charge is 0.214 e. The fourth-order valence-corrected chi connectivity index (χ4v) is 3.50. The SMILES string of the molecule is CCSC1CCCC1Nc1cccc(OC)n1. The van der Waals surface area contributed by atoms with E-state index in [1.165, 1.54) is 25.0 Å². The van der Waals surface area contributed by atoms with Crippen molar-refractivity contribution >= 4 is 17.6 Å². The van der Waals surface area contributed by atoms with Crippen LogP contribution in [0.2, 0.25) is 0 Å². The molecule has 2 rings (SSSR count). The van der Waals surface area contributed by atoms with Gasteiger partial charge in [-0.2, -0.15) is 16.7 Å². The first-order valence-corrected chi connectivity index (χ1v) is 7.27. The van der Waals surface area contributed by atoms with Gasteiger partial charge in [-0.05, 0) is 24.7 Å². The minimum Gasteiger partial charge on any atom is -0.481 e. The van der Waals surface area contributed by atoms with Crippen LogP contribution >= 0.6 is 11.8 Å². The molecule has 1 heterocycles. The van der Waals surface area contributed by atoms with Crippen molar-refractivity contribution in [2.45, 2.75) is 37.5 Å². The molecule has 3 nitrogen and oxygen atoms in total. The second-order valence-corrected chi connectivity index (χ2v) is 5.76. The van der Waals surface area contributed by atoms with Gasteiger partial charge in [-0.15, -0.1) is 0 Å². The standard InChI is InChI=1S/C13H20N2OS/c1-3-17-11-7-4-6-10(11)14-12-8-5-9-13(15-12)16-2/h5,8-11H,3-4,6-7H2,1-2H3,(H,14,15). The second-order valence-electron chi connectivity index (χ2n) is 4.24. The van der Waals surface area contributed by atoms with Crippen molar-refractivity contribution in [3.05, 3.63) is 18.2 Å². The third-order valence-electron chi connectivity index (χ3n) is 3.10. The van der Waals surface area contributed by atoms with E-state index >= 15 is 0 Å². The summed E-state index contributed by atoms with van der Waals surface area (Å²) in [5.41, 5.74) is 0. The number of ether oxygens (including phenoxy) is 1. The highest BCUT2D eigenvalue weighted by Crippen LogP contribution is 2.31. The summed E-state index contributed by atoms with van der Waals surface area (Å²) in [4.78, 5) is 4.41. The summed E-state index contributed by atoms with van der Waals surface area (Å²) in [7, 11) is 1.65. The van der Waals surface area contributed by atoms with Crippen LogP contribution < -0.4 is 10.1 Å². The number of anilines is 1. The third-order valence-corrected chi connectivity index (χ3v) is 4.42. The molecule has 1 aromatic rings. The summed E-state index contributed by atoms with van der Waals surface area (Å²) >= 11 is 2.05. The van der Waals surface area contributed by atoms with Gasteiger partial charge in [-0.25, -0.2) is 0 Å². The Morgan fingerprint density at radius 2 is 2.35 bits per heavy atom. The summed E-state index contributed by atoms with van der Waals surface area (Å²) in [6, 6.07) is 6.41. The van der Waals surface area contributed by atoms with Crippen molar-refractivity contribution in [1.29, 1.82) is 0 Å². The van der Waals surface area contributed by atoms with Crippen molar-refractivity contribution in [1.82, 2.24) is 4.98 Å². The molecular formula is C13H20N2OS. The summed E-state index contributed by atoms with van der Waals surface area (Å²) in [5, 5.41) is 4.27. The number of hydrogen-bond donors (Lipinski definition) is 1. The molecule has 0 amide bonds. The number of hydrogen-bond acceptors (Lipinski definition) is 4. The van der Waals surface area contributed by atoms with Crippen LogP contribution in [0.15, 0.2) is 18.2 Å². The van der Waals surface area contributed by atoms with Gasteiger partial charge in [0.05, 0.1) is 7.11 Å². The van der Waals surface area contributed by atoms with E-state index in [-0.39, 0.29) is 0 Å². The van der Waals surface area contributed by atoms with Gasteiger partial charge < -0.3 is 10.1 Å². The van der Waals surface area contributed by atoms with Crippen LogP contribution in [0, 0.1) is 0 Å². The molecule has 0 aromatic carbocycles. The first kappa shape index (κ1) is 12.6. The van der Waals surface area contributed by atoms with Crippen LogP contribution in [0.25, 0.3) is 0 Å². The van der Waals surface area contributed by atoms with Crippen LogP contribution in [0.4, 0.5) is 5.82 Å². The lowest BCUT2D eigenvalue weighted by Gasteiger charge is -2.20. The number of nitrogens with one attached hydrogen (secondary N) is 1. The number of aromatic nitrogens is 1. The fraction of sp³-hybridized carbons (Fsp3) is 0.615. The number of methoxy groups -OCH3 is 1. The van der Waals surface area contributed by atoms with Crippen molar-refractivity contribution in [3.63, 3.8) is 0 Å². The van der Waals surface area contributed by atoms with E-state index in [9.17, 15) is 0 Å². The molecule has 1 aromatic heterocycles. The summed E-state index contributed by atoms with van der Waals surface area (Å²) in [5.74, 6) is 2.79. The Bertz CT molecular complexity index is 359. The lowest BCUT2D eigenvalue weighted by Crippen LogP contribution is -2.26. The predicted molar refractivity (Wildman–Crippen MR) is 74.0 cm³/mol. The zero-order valence-corrected chi connectivity index (χ0v) is 11.3. The third kappa shape index (κ3) is 3.28. The highest BCUT2D eigenvalue weighted by molar-refractivity contribution is 7.99. The normalized spacial score (nSPS) is 23.6. The quantitative estimate of drug-likeness (QED) is 0.872. The Hall–Kier alpha value is -0.900. The maximum atomic E-state index is 5.14. The maximum absolute atomic E-state index is 5.14. The van der Waals surface area contributed by atoms with Gasteiger partial charge in [0, 0.05) is 17.4 Å². The molecule has 0 bridgehead atoms. The first-order chi connectivity index (χ1) is 8.33. The molecule has 0 aliphatic heterocycles. The topological polar surface area (TPSA) is 34.1 Å². The van der Waals surface area contributed by atoms with Gasteiger partial charge in [0.1, 0.15) is 5.82 Å². The fourth-order valence-electron chi connectivity index (χ4n) is 2.30. The zero-order chi connectivity index (χ0) is 12.1. The molecule has 0 saturated heterocycles. The minimum absolute atomic E-state index is 0.555. The average molecular weight is 252 g/mol. The Morgan fingerprint density at radius 3 is 3.12 bits per heavy atom. The van der Waals surface area contributed by atoms with Crippen LogP contribution in [0.1, 0.15) is 26.2 Å². The van der Waals surface area contributed by atoms with Crippen molar-refractivity contribution in [3.8, 4) is 5.88 Å². The largest absolute Gasteiger partial charge is 0.481 e. The Kier molecular flexibility index (Phi) is 4.54. The van der Waals surface area contributed by atoms with Crippen LogP contribution in [0.3, 0.4) is 0 Å². The maximum Gasteiger partial charge on any atom is 0.214 e. The van der Waals surface area contributed by atoms with Crippen LogP contribution in [-0.2, 0) is 0 Å². The molecule has 0 spiro atoms. The molecule has 2 atom stereocenters. The molecule has 17 heavy (non-hydrogen) atoms. The Morgan fingerprint density at radius 1 is 1.47 bits per heavy atom. The van der Waals surface area contributed by atoms with E-state index in [1.807, 2.05) is 18.2 Å². The monoisotopic (exact) mass is 252 g/mol. The van der Waals surface area contributed by atoms with Crippen molar-refractivity contribution < 1.29 is 4.74 Å². The highest BCUT2D eigenvalue weighted by atomic mass is 32.2. The van der Waals surface area contributed by atoms with E-state index < -0.39 is 0 Å².